The Balaban J connectivity index is 2.01. The molecule has 1 aromatic rings. The Hall–Kier alpha value is -1.27. The van der Waals surface area contributed by atoms with Crippen LogP contribution < -0.4 is 20.1 Å². The number of carbonyl (C=O) groups excluding carboxylic acids is 1. The molecule has 0 aromatic heterocycles. The minimum Gasteiger partial charge on any atom is -0.486 e. The van der Waals surface area contributed by atoms with Crippen LogP contribution in [0.1, 0.15) is 5.56 Å². The number of halogens is 1. The summed E-state index contributed by atoms with van der Waals surface area (Å²) in [5, 5.41) is 5.61. The first kappa shape index (κ1) is 13.2. The van der Waals surface area contributed by atoms with Gasteiger partial charge in [-0.1, -0.05) is 0 Å². The molecular formula is C12H15BrN2O3. The molecule has 1 aliphatic heterocycles. The fourth-order valence-electron chi connectivity index (χ4n) is 1.68. The SMILES string of the molecule is CNC(=O)CNCc1cc(Br)c2c(c1)OCCO2. The number of rotatable bonds is 4. The van der Waals surface area contributed by atoms with Crippen molar-refractivity contribution in [1.29, 1.82) is 0 Å². The molecule has 0 aliphatic carbocycles. The molecule has 0 spiro atoms. The van der Waals surface area contributed by atoms with Gasteiger partial charge in [0.1, 0.15) is 13.2 Å². The molecule has 18 heavy (non-hydrogen) atoms. The zero-order valence-corrected chi connectivity index (χ0v) is 11.7. The Morgan fingerprint density at radius 1 is 1.39 bits per heavy atom. The monoisotopic (exact) mass is 314 g/mol. The third-order valence-electron chi connectivity index (χ3n) is 2.55. The predicted molar refractivity (Wildman–Crippen MR) is 70.9 cm³/mol. The zero-order valence-electron chi connectivity index (χ0n) is 10.1. The number of ether oxygens (including phenoxy) is 2. The molecule has 0 saturated carbocycles. The second-order valence-electron chi connectivity index (χ2n) is 3.88. The summed E-state index contributed by atoms with van der Waals surface area (Å²) in [7, 11) is 1.62. The normalized spacial score (nSPS) is 13.2. The molecule has 0 atom stereocenters. The maximum Gasteiger partial charge on any atom is 0.233 e. The van der Waals surface area contributed by atoms with Crippen LogP contribution in [0.3, 0.4) is 0 Å². The van der Waals surface area contributed by atoms with Crippen LogP contribution in [0.5, 0.6) is 11.5 Å². The average Bonchev–Trinajstić information content (AvgIpc) is 2.38. The largest absolute Gasteiger partial charge is 0.486 e. The van der Waals surface area contributed by atoms with Crippen molar-refractivity contribution in [2.45, 2.75) is 6.54 Å². The van der Waals surface area contributed by atoms with Crippen LogP contribution >= 0.6 is 15.9 Å². The lowest BCUT2D eigenvalue weighted by molar-refractivity contribution is -0.119. The Kier molecular flexibility index (Phi) is 4.43. The highest BCUT2D eigenvalue weighted by molar-refractivity contribution is 9.10. The highest BCUT2D eigenvalue weighted by atomic mass is 79.9. The number of carbonyl (C=O) groups is 1. The van der Waals surface area contributed by atoms with Crippen molar-refractivity contribution in [1.82, 2.24) is 10.6 Å². The van der Waals surface area contributed by atoms with Gasteiger partial charge >= 0.3 is 0 Å². The van der Waals surface area contributed by atoms with Crippen molar-refractivity contribution in [3.05, 3.63) is 22.2 Å². The van der Waals surface area contributed by atoms with Crippen LogP contribution in [0.15, 0.2) is 16.6 Å². The van der Waals surface area contributed by atoms with Gasteiger partial charge < -0.3 is 20.1 Å². The molecule has 0 unspecified atom stereocenters. The number of benzene rings is 1. The van der Waals surface area contributed by atoms with E-state index in [0.717, 1.165) is 21.5 Å². The van der Waals surface area contributed by atoms with Crippen molar-refractivity contribution < 1.29 is 14.3 Å². The van der Waals surface area contributed by atoms with Crippen molar-refractivity contribution >= 4 is 21.8 Å². The highest BCUT2D eigenvalue weighted by Crippen LogP contribution is 2.38. The van der Waals surface area contributed by atoms with Crippen molar-refractivity contribution in [2.75, 3.05) is 26.8 Å². The Labute approximate surface area is 114 Å². The second kappa shape index (κ2) is 6.06. The molecule has 0 saturated heterocycles. The van der Waals surface area contributed by atoms with Gasteiger partial charge in [0.05, 0.1) is 11.0 Å². The van der Waals surface area contributed by atoms with E-state index in [9.17, 15) is 4.79 Å². The van der Waals surface area contributed by atoms with Crippen molar-refractivity contribution in [2.24, 2.45) is 0 Å². The molecule has 5 nitrogen and oxygen atoms in total. The second-order valence-corrected chi connectivity index (χ2v) is 4.73. The zero-order chi connectivity index (χ0) is 13.0. The molecule has 98 valence electrons. The van der Waals surface area contributed by atoms with Crippen molar-refractivity contribution in [3.63, 3.8) is 0 Å². The van der Waals surface area contributed by atoms with Gasteiger partial charge in [-0.15, -0.1) is 0 Å². The van der Waals surface area contributed by atoms with Gasteiger partial charge in [-0.3, -0.25) is 4.79 Å². The minimum absolute atomic E-state index is 0.0355. The topological polar surface area (TPSA) is 59.6 Å². The summed E-state index contributed by atoms with van der Waals surface area (Å²) in [6, 6.07) is 3.89. The van der Waals surface area contributed by atoms with Gasteiger partial charge in [0.25, 0.3) is 0 Å². The standard InChI is InChI=1S/C12H15BrN2O3/c1-14-11(16)7-15-6-8-4-9(13)12-10(5-8)17-2-3-18-12/h4-5,15H,2-3,6-7H2,1H3,(H,14,16). The summed E-state index contributed by atoms with van der Waals surface area (Å²) in [4.78, 5) is 11.1. The Bertz CT molecular complexity index is 451. The number of amides is 1. The van der Waals surface area contributed by atoms with Crippen LogP contribution in [0, 0.1) is 0 Å². The molecule has 2 rings (SSSR count). The minimum atomic E-state index is -0.0355. The van der Waals surface area contributed by atoms with Crippen LogP contribution in [-0.4, -0.2) is 32.7 Å². The van der Waals surface area contributed by atoms with E-state index in [4.69, 9.17) is 9.47 Å². The lowest BCUT2D eigenvalue weighted by Gasteiger charge is -2.20. The molecule has 0 radical (unpaired) electrons. The van der Waals surface area contributed by atoms with E-state index in [1.807, 2.05) is 12.1 Å². The lowest BCUT2D eigenvalue weighted by Crippen LogP contribution is -2.31. The Morgan fingerprint density at radius 3 is 2.94 bits per heavy atom. The van der Waals surface area contributed by atoms with E-state index in [-0.39, 0.29) is 5.91 Å². The maximum atomic E-state index is 11.1. The summed E-state index contributed by atoms with van der Waals surface area (Å²) in [6.45, 7) is 2.03. The first-order valence-electron chi connectivity index (χ1n) is 5.70. The first-order valence-corrected chi connectivity index (χ1v) is 6.49. The molecule has 1 heterocycles. The summed E-state index contributed by atoms with van der Waals surface area (Å²) < 4.78 is 11.9. The van der Waals surface area contributed by atoms with Gasteiger partial charge in [0.2, 0.25) is 5.91 Å². The van der Waals surface area contributed by atoms with E-state index >= 15 is 0 Å². The first-order chi connectivity index (χ1) is 8.70. The number of hydrogen-bond acceptors (Lipinski definition) is 4. The fourth-order valence-corrected chi connectivity index (χ4v) is 2.28. The summed E-state index contributed by atoms with van der Waals surface area (Å²) in [5.41, 5.74) is 1.04. The van der Waals surface area contributed by atoms with Crippen LogP contribution in [0.4, 0.5) is 0 Å². The van der Waals surface area contributed by atoms with E-state index in [1.54, 1.807) is 7.05 Å². The Morgan fingerprint density at radius 2 is 2.17 bits per heavy atom. The molecule has 2 N–H and O–H groups in total. The molecule has 1 aliphatic rings. The molecule has 0 fully saturated rings. The van der Waals surface area contributed by atoms with Crippen LogP contribution in [0.25, 0.3) is 0 Å². The van der Waals surface area contributed by atoms with Crippen LogP contribution in [-0.2, 0) is 11.3 Å². The molecule has 0 bridgehead atoms. The lowest BCUT2D eigenvalue weighted by atomic mass is 10.2. The fraction of sp³-hybridized carbons (Fsp3) is 0.417. The maximum absolute atomic E-state index is 11.1. The molecule has 1 aromatic carbocycles. The number of nitrogens with one attached hydrogen (secondary N) is 2. The third kappa shape index (κ3) is 3.14. The van der Waals surface area contributed by atoms with Crippen LogP contribution in [0.2, 0.25) is 0 Å². The number of fused-ring (bicyclic) bond motifs is 1. The van der Waals surface area contributed by atoms with Crippen molar-refractivity contribution in [3.8, 4) is 11.5 Å². The van der Waals surface area contributed by atoms with Gasteiger partial charge in [-0.05, 0) is 33.6 Å². The third-order valence-corrected chi connectivity index (χ3v) is 3.14. The summed E-state index contributed by atoms with van der Waals surface area (Å²) >= 11 is 3.46. The highest BCUT2D eigenvalue weighted by Gasteiger charge is 2.16. The molecule has 1 amide bonds. The average molecular weight is 315 g/mol. The number of likely N-dealkylation sites (N-methyl/N-ethyl adjacent to an activating group) is 1. The van der Waals surface area contributed by atoms with Gasteiger partial charge in [-0.25, -0.2) is 0 Å². The summed E-state index contributed by atoms with van der Waals surface area (Å²) in [5.74, 6) is 1.45. The van der Waals surface area contributed by atoms with E-state index in [1.165, 1.54) is 0 Å². The van der Waals surface area contributed by atoms with E-state index in [2.05, 4.69) is 26.6 Å². The smallest absolute Gasteiger partial charge is 0.233 e. The van der Waals surface area contributed by atoms with Gasteiger partial charge in [-0.2, -0.15) is 0 Å². The van der Waals surface area contributed by atoms with Gasteiger partial charge in [0, 0.05) is 13.6 Å². The summed E-state index contributed by atoms with van der Waals surface area (Å²) in [6.07, 6.45) is 0. The molecular weight excluding hydrogens is 300 g/mol. The predicted octanol–water partition coefficient (Wildman–Crippen LogP) is 1.06. The quantitative estimate of drug-likeness (QED) is 0.872. The molecule has 6 heteroatoms. The van der Waals surface area contributed by atoms with Gasteiger partial charge in [0.15, 0.2) is 11.5 Å². The number of hydrogen-bond donors (Lipinski definition) is 2. The van der Waals surface area contributed by atoms with E-state index in [0.29, 0.717) is 26.3 Å². The van der Waals surface area contributed by atoms with E-state index < -0.39 is 0 Å².